The third kappa shape index (κ3) is 2.30. The largest absolute Gasteiger partial charge is 0.340 e. The number of likely N-dealkylation sites (tertiary alicyclic amines) is 1. The molecule has 1 saturated heterocycles. The third-order valence-corrected chi connectivity index (χ3v) is 4.48. The smallest absolute Gasteiger partial charge is 0.257 e. The normalized spacial score (nSPS) is 18.0. The number of aryl methyl sites for hydroxylation is 2. The van der Waals surface area contributed by atoms with Crippen molar-refractivity contribution in [2.45, 2.75) is 25.8 Å². The van der Waals surface area contributed by atoms with Gasteiger partial charge in [-0.2, -0.15) is 5.10 Å². The number of fused-ring (bicyclic) bond motifs is 1. The van der Waals surface area contributed by atoms with E-state index < -0.39 is 0 Å². The lowest BCUT2D eigenvalue weighted by Gasteiger charge is -2.22. The monoisotopic (exact) mass is 309 g/mol. The van der Waals surface area contributed by atoms with Gasteiger partial charge in [0.2, 0.25) is 0 Å². The van der Waals surface area contributed by atoms with E-state index in [9.17, 15) is 4.79 Å². The molecule has 3 aromatic rings. The number of carbonyl (C=O) groups is 1. The zero-order chi connectivity index (χ0) is 16.0. The minimum absolute atomic E-state index is 0.00880. The minimum Gasteiger partial charge on any atom is -0.340 e. The van der Waals surface area contributed by atoms with Gasteiger partial charge in [-0.25, -0.2) is 4.98 Å². The van der Waals surface area contributed by atoms with Crippen LogP contribution in [0.25, 0.3) is 11.0 Å². The summed E-state index contributed by atoms with van der Waals surface area (Å²) in [4.78, 5) is 22.9. The molecule has 1 aliphatic heterocycles. The van der Waals surface area contributed by atoms with Crippen LogP contribution in [-0.4, -0.2) is 37.1 Å². The van der Waals surface area contributed by atoms with Crippen LogP contribution in [0, 0.1) is 6.92 Å². The fraction of sp³-hybridized carbons (Fsp3) is 0.353. The zero-order valence-corrected chi connectivity index (χ0v) is 13.3. The van der Waals surface area contributed by atoms with Crippen LogP contribution in [0.5, 0.6) is 0 Å². The molecule has 1 fully saturated rings. The van der Waals surface area contributed by atoms with Gasteiger partial charge in [0.05, 0.1) is 28.3 Å². The molecule has 1 aliphatic rings. The predicted molar refractivity (Wildman–Crippen MR) is 87.1 cm³/mol. The Morgan fingerprint density at radius 3 is 2.91 bits per heavy atom. The van der Waals surface area contributed by atoms with Gasteiger partial charge in [0, 0.05) is 19.8 Å². The van der Waals surface area contributed by atoms with Crippen molar-refractivity contribution in [3.63, 3.8) is 0 Å². The molecule has 0 aliphatic carbocycles. The van der Waals surface area contributed by atoms with E-state index in [0.29, 0.717) is 5.56 Å². The van der Waals surface area contributed by atoms with Gasteiger partial charge in [0.1, 0.15) is 5.82 Å². The first-order valence-electron chi connectivity index (χ1n) is 7.89. The van der Waals surface area contributed by atoms with Crippen molar-refractivity contribution in [2.75, 3.05) is 6.54 Å². The van der Waals surface area contributed by atoms with Gasteiger partial charge >= 0.3 is 0 Å². The van der Waals surface area contributed by atoms with E-state index in [1.165, 1.54) is 0 Å². The van der Waals surface area contributed by atoms with E-state index in [4.69, 9.17) is 0 Å². The molecule has 1 N–H and O–H groups in total. The van der Waals surface area contributed by atoms with Crippen molar-refractivity contribution < 1.29 is 4.79 Å². The second-order valence-electron chi connectivity index (χ2n) is 6.10. The highest BCUT2D eigenvalue weighted by molar-refractivity contribution is 5.95. The molecule has 6 heteroatoms. The average molecular weight is 309 g/mol. The number of nitrogens with one attached hydrogen (secondary N) is 1. The summed E-state index contributed by atoms with van der Waals surface area (Å²) in [5.74, 6) is 0.914. The van der Waals surface area contributed by atoms with E-state index in [-0.39, 0.29) is 11.9 Å². The highest BCUT2D eigenvalue weighted by Gasteiger charge is 2.33. The Morgan fingerprint density at radius 1 is 1.35 bits per heavy atom. The molecule has 0 spiro atoms. The third-order valence-electron chi connectivity index (χ3n) is 4.48. The summed E-state index contributed by atoms with van der Waals surface area (Å²) in [6.07, 6.45) is 3.73. The molecular formula is C17H19N5O. The van der Waals surface area contributed by atoms with Crippen LogP contribution in [0.4, 0.5) is 0 Å². The van der Waals surface area contributed by atoms with Crippen molar-refractivity contribution in [2.24, 2.45) is 7.05 Å². The molecule has 2 aromatic heterocycles. The molecule has 0 unspecified atom stereocenters. The molecule has 0 bridgehead atoms. The maximum atomic E-state index is 12.9. The number of benzene rings is 1. The van der Waals surface area contributed by atoms with Gasteiger partial charge in [0.15, 0.2) is 0 Å². The molecule has 1 aromatic carbocycles. The van der Waals surface area contributed by atoms with E-state index in [0.717, 1.165) is 41.9 Å². The first-order chi connectivity index (χ1) is 11.1. The lowest BCUT2D eigenvalue weighted by atomic mass is 10.2. The summed E-state index contributed by atoms with van der Waals surface area (Å²) in [5.41, 5.74) is 3.40. The number of rotatable bonds is 2. The second-order valence-corrected chi connectivity index (χ2v) is 6.10. The first kappa shape index (κ1) is 14.0. The number of carbonyl (C=O) groups excluding carboxylic acids is 1. The lowest BCUT2D eigenvalue weighted by Crippen LogP contribution is -2.31. The van der Waals surface area contributed by atoms with Gasteiger partial charge in [-0.1, -0.05) is 12.1 Å². The van der Waals surface area contributed by atoms with Crippen molar-refractivity contribution in [3.05, 3.63) is 47.5 Å². The number of hydrogen-bond donors (Lipinski definition) is 1. The summed E-state index contributed by atoms with van der Waals surface area (Å²) < 4.78 is 1.69. The summed E-state index contributed by atoms with van der Waals surface area (Å²) in [6.45, 7) is 2.63. The first-order valence-corrected chi connectivity index (χ1v) is 7.89. The van der Waals surface area contributed by atoms with E-state index in [1.807, 2.05) is 43.1 Å². The van der Waals surface area contributed by atoms with Gasteiger partial charge in [-0.3, -0.25) is 9.48 Å². The van der Waals surface area contributed by atoms with Gasteiger partial charge in [-0.05, 0) is 31.9 Å². The second kappa shape index (κ2) is 5.22. The molecule has 6 nitrogen and oxygen atoms in total. The van der Waals surface area contributed by atoms with Crippen LogP contribution in [0.2, 0.25) is 0 Å². The molecule has 23 heavy (non-hydrogen) atoms. The van der Waals surface area contributed by atoms with Gasteiger partial charge in [-0.15, -0.1) is 0 Å². The van der Waals surface area contributed by atoms with Crippen molar-refractivity contribution in [3.8, 4) is 0 Å². The number of nitrogens with zero attached hydrogens (tertiary/aromatic N) is 4. The number of aromatic nitrogens is 4. The van der Waals surface area contributed by atoms with Crippen LogP contribution in [-0.2, 0) is 7.05 Å². The predicted octanol–water partition coefficient (Wildman–Crippen LogP) is 2.58. The number of amides is 1. The summed E-state index contributed by atoms with van der Waals surface area (Å²) >= 11 is 0. The van der Waals surface area contributed by atoms with E-state index in [1.54, 1.807) is 10.9 Å². The van der Waals surface area contributed by atoms with Crippen molar-refractivity contribution >= 4 is 16.9 Å². The van der Waals surface area contributed by atoms with Crippen LogP contribution in [0.15, 0.2) is 30.5 Å². The summed E-state index contributed by atoms with van der Waals surface area (Å²) in [5, 5.41) is 4.28. The van der Waals surface area contributed by atoms with Crippen molar-refractivity contribution in [1.29, 1.82) is 0 Å². The number of hydrogen-bond acceptors (Lipinski definition) is 3. The number of para-hydroxylation sites is 2. The minimum atomic E-state index is 0.00880. The number of aromatic amines is 1. The standard InChI is InChI=1S/C17H19N5O/c1-11-12(10-21(2)20-11)17(23)22-9-5-8-15(22)16-18-13-6-3-4-7-14(13)19-16/h3-4,6-7,10,15H,5,8-9H2,1-2H3,(H,18,19)/t15-/m1/s1. The fourth-order valence-electron chi connectivity index (χ4n) is 3.39. The Bertz CT molecular complexity index is 845. The number of H-pyrrole nitrogens is 1. The lowest BCUT2D eigenvalue weighted by molar-refractivity contribution is 0.0730. The van der Waals surface area contributed by atoms with E-state index in [2.05, 4.69) is 15.1 Å². The fourth-order valence-corrected chi connectivity index (χ4v) is 3.39. The highest BCUT2D eigenvalue weighted by Crippen LogP contribution is 2.32. The number of imidazole rings is 1. The molecule has 118 valence electrons. The summed E-state index contributed by atoms with van der Waals surface area (Å²) in [6, 6.07) is 7.97. The van der Waals surface area contributed by atoms with Gasteiger partial charge in [0.25, 0.3) is 5.91 Å². The maximum Gasteiger partial charge on any atom is 0.257 e. The Morgan fingerprint density at radius 2 is 2.17 bits per heavy atom. The van der Waals surface area contributed by atoms with Gasteiger partial charge < -0.3 is 9.88 Å². The molecule has 0 saturated carbocycles. The quantitative estimate of drug-likeness (QED) is 0.791. The molecule has 3 heterocycles. The maximum absolute atomic E-state index is 12.9. The summed E-state index contributed by atoms with van der Waals surface area (Å²) in [7, 11) is 1.84. The molecule has 0 radical (unpaired) electrons. The van der Waals surface area contributed by atoms with Crippen LogP contribution in [0.3, 0.4) is 0 Å². The average Bonchev–Trinajstić information content (AvgIpc) is 3.23. The van der Waals surface area contributed by atoms with Crippen molar-refractivity contribution in [1.82, 2.24) is 24.6 Å². The Balaban J connectivity index is 1.68. The van der Waals surface area contributed by atoms with Crippen LogP contribution in [0.1, 0.15) is 40.8 Å². The Hall–Kier alpha value is -2.63. The topological polar surface area (TPSA) is 66.8 Å². The van der Waals surface area contributed by atoms with Crippen LogP contribution >= 0.6 is 0 Å². The highest BCUT2D eigenvalue weighted by atomic mass is 16.2. The molecular weight excluding hydrogens is 290 g/mol. The Labute approximate surface area is 134 Å². The molecule has 1 amide bonds. The molecule has 1 atom stereocenters. The molecule has 4 rings (SSSR count). The van der Waals surface area contributed by atoms with Crippen LogP contribution < -0.4 is 0 Å². The Kier molecular flexibility index (Phi) is 3.18. The van der Waals surface area contributed by atoms with E-state index >= 15 is 0 Å². The SMILES string of the molecule is Cc1nn(C)cc1C(=O)N1CCC[C@@H]1c1nc2ccccc2[nH]1. The zero-order valence-electron chi connectivity index (χ0n) is 13.3.